The third-order valence-corrected chi connectivity index (χ3v) is 3.99. The summed E-state index contributed by atoms with van der Waals surface area (Å²) in [5.74, 6) is 0.960. The molecule has 0 aliphatic heterocycles. The molecule has 0 saturated heterocycles. The van der Waals surface area contributed by atoms with Crippen molar-refractivity contribution in [1.82, 2.24) is 4.98 Å². The van der Waals surface area contributed by atoms with E-state index in [9.17, 15) is 0 Å². The van der Waals surface area contributed by atoms with Crippen molar-refractivity contribution in [3.63, 3.8) is 0 Å². The van der Waals surface area contributed by atoms with Crippen molar-refractivity contribution in [1.29, 1.82) is 0 Å². The van der Waals surface area contributed by atoms with Gasteiger partial charge >= 0.3 is 0 Å². The molecule has 0 fully saturated rings. The Morgan fingerprint density at radius 1 is 1.11 bits per heavy atom. The molecule has 2 rings (SSSR count). The van der Waals surface area contributed by atoms with Crippen LogP contribution in [0.4, 0.5) is 0 Å². The van der Waals surface area contributed by atoms with E-state index < -0.39 is 0 Å². The number of aryl methyl sites for hydroxylation is 1. The smallest absolute Gasteiger partial charge is 0.0995 e. The molecule has 1 aromatic carbocycles. The summed E-state index contributed by atoms with van der Waals surface area (Å²) in [7, 11) is 0. The van der Waals surface area contributed by atoms with E-state index in [1.54, 1.807) is 11.8 Å². The Balaban J connectivity index is 2.08. The maximum Gasteiger partial charge on any atom is 0.0995 e. The number of aromatic nitrogens is 1. The maximum atomic E-state index is 5.62. The average molecular weight is 258 g/mol. The van der Waals surface area contributed by atoms with Crippen molar-refractivity contribution in [2.75, 3.05) is 6.54 Å². The van der Waals surface area contributed by atoms with Crippen LogP contribution in [0.3, 0.4) is 0 Å². The first-order valence-corrected chi connectivity index (χ1v) is 7.11. The van der Waals surface area contributed by atoms with E-state index in [0.29, 0.717) is 6.54 Å². The number of pyridine rings is 1. The zero-order valence-corrected chi connectivity index (χ0v) is 11.4. The van der Waals surface area contributed by atoms with E-state index in [-0.39, 0.29) is 0 Å². The summed E-state index contributed by atoms with van der Waals surface area (Å²) in [5.41, 5.74) is 9.57. The van der Waals surface area contributed by atoms with Crippen molar-refractivity contribution >= 4 is 11.8 Å². The Hall–Kier alpha value is -1.32. The fraction of sp³-hybridized carbons (Fsp3) is 0.267. The van der Waals surface area contributed by atoms with Crippen LogP contribution in [0.25, 0.3) is 0 Å². The normalized spacial score (nSPS) is 10.6. The number of hydrogen-bond acceptors (Lipinski definition) is 3. The SMILES string of the molecule is Cc1ccccc1CSc1ncccc1CCN. The highest BCUT2D eigenvalue weighted by molar-refractivity contribution is 7.98. The first-order chi connectivity index (χ1) is 8.81. The van der Waals surface area contributed by atoms with Gasteiger partial charge in [0.1, 0.15) is 0 Å². The van der Waals surface area contributed by atoms with Crippen molar-refractivity contribution in [2.24, 2.45) is 5.73 Å². The van der Waals surface area contributed by atoms with Crippen LogP contribution in [-0.4, -0.2) is 11.5 Å². The van der Waals surface area contributed by atoms with E-state index in [2.05, 4.69) is 42.2 Å². The summed E-state index contributed by atoms with van der Waals surface area (Å²) < 4.78 is 0. The Kier molecular flexibility index (Phi) is 4.79. The van der Waals surface area contributed by atoms with Gasteiger partial charge in [-0.25, -0.2) is 4.98 Å². The van der Waals surface area contributed by atoms with Crippen LogP contribution in [0.15, 0.2) is 47.6 Å². The Bertz CT molecular complexity index is 511. The minimum absolute atomic E-state index is 0.670. The molecule has 0 unspecified atom stereocenters. The van der Waals surface area contributed by atoms with Gasteiger partial charge in [-0.05, 0) is 42.6 Å². The van der Waals surface area contributed by atoms with Gasteiger partial charge in [0.15, 0.2) is 0 Å². The lowest BCUT2D eigenvalue weighted by Gasteiger charge is -2.08. The third-order valence-electron chi connectivity index (χ3n) is 2.89. The second-order valence-electron chi connectivity index (χ2n) is 4.22. The predicted octanol–water partition coefficient (Wildman–Crippen LogP) is 3.18. The van der Waals surface area contributed by atoms with Crippen molar-refractivity contribution in [2.45, 2.75) is 24.1 Å². The average Bonchev–Trinajstić information content (AvgIpc) is 2.40. The van der Waals surface area contributed by atoms with E-state index >= 15 is 0 Å². The van der Waals surface area contributed by atoms with Crippen LogP contribution in [0.2, 0.25) is 0 Å². The molecule has 1 aromatic heterocycles. The second-order valence-corrected chi connectivity index (χ2v) is 5.19. The lowest BCUT2D eigenvalue weighted by molar-refractivity contribution is 0.911. The van der Waals surface area contributed by atoms with Gasteiger partial charge in [0.2, 0.25) is 0 Å². The zero-order valence-electron chi connectivity index (χ0n) is 10.6. The summed E-state index contributed by atoms with van der Waals surface area (Å²) in [5, 5.41) is 1.10. The van der Waals surface area contributed by atoms with Crippen molar-refractivity contribution in [3.8, 4) is 0 Å². The van der Waals surface area contributed by atoms with Crippen LogP contribution in [0, 0.1) is 6.92 Å². The molecule has 3 heteroatoms. The molecule has 2 N–H and O–H groups in total. The lowest BCUT2D eigenvalue weighted by atomic mass is 10.1. The minimum atomic E-state index is 0.670. The van der Waals surface area contributed by atoms with Crippen molar-refractivity contribution in [3.05, 3.63) is 59.3 Å². The quantitative estimate of drug-likeness (QED) is 0.837. The monoisotopic (exact) mass is 258 g/mol. The molecule has 0 aliphatic rings. The highest BCUT2D eigenvalue weighted by Crippen LogP contribution is 2.25. The topological polar surface area (TPSA) is 38.9 Å². The molecule has 2 aromatic rings. The highest BCUT2D eigenvalue weighted by Gasteiger charge is 2.05. The number of rotatable bonds is 5. The van der Waals surface area contributed by atoms with Gasteiger partial charge in [-0.3, -0.25) is 0 Å². The van der Waals surface area contributed by atoms with Gasteiger partial charge in [0, 0.05) is 11.9 Å². The van der Waals surface area contributed by atoms with Gasteiger partial charge in [0.05, 0.1) is 5.03 Å². The van der Waals surface area contributed by atoms with Crippen LogP contribution in [0.5, 0.6) is 0 Å². The molecule has 18 heavy (non-hydrogen) atoms. The molecule has 0 atom stereocenters. The Labute approximate surface area is 113 Å². The minimum Gasteiger partial charge on any atom is -0.330 e. The number of hydrogen-bond donors (Lipinski definition) is 1. The van der Waals surface area contributed by atoms with Gasteiger partial charge in [-0.2, -0.15) is 0 Å². The molecule has 0 amide bonds. The van der Waals surface area contributed by atoms with E-state index in [1.807, 2.05) is 12.3 Å². The van der Waals surface area contributed by atoms with E-state index in [4.69, 9.17) is 5.73 Å². The number of nitrogens with two attached hydrogens (primary N) is 1. The van der Waals surface area contributed by atoms with E-state index in [0.717, 1.165) is 17.2 Å². The van der Waals surface area contributed by atoms with Gasteiger partial charge in [-0.15, -0.1) is 11.8 Å². The summed E-state index contributed by atoms with van der Waals surface area (Å²) in [6.07, 6.45) is 2.74. The number of benzene rings is 1. The molecule has 0 bridgehead atoms. The Morgan fingerprint density at radius 2 is 1.89 bits per heavy atom. The molecule has 1 heterocycles. The van der Waals surface area contributed by atoms with Crippen LogP contribution in [0.1, 0.15) is 16.7 Å². The zero-order chi connectivity index (χ0) is 12.8. The van der Waals surface area contributed by atoms with Gasteiger partial charge < -0.3 is 5.73 Å². The molecule has 2 nitrogen and oxygen atoms in total. The first kappa shape index (κ1) is 13.1. The molecule has 0 radical (unpaired) electrons. The molecule has 0 aliphatic carbocycles. The first-order valence-electron chi connectivity index (χ1n) is 6.12. The fourth-order valence-corrected chi connectivity index (χ4v) is 2.93. The Morgan fingerprint density at radius 3 is 2.67 bits per heavy atom. The summed E-state index contributed by atoms with van der Waals surface area (Å²) >= 11 is 1.79. The predicted molar refractivity (Wildman–Crippen MR) is 77.7 cm³/mol. The summed E-state index contributed by atoms with van der Waals surface area (Å²) in [6, 6.07) is 12.6. The van der Waals surface area contributed by atoms with Crippen LogP contribution in [-0.2, 0) is 12.2 Å². The number of nitrogens with zero attached hydrogens (tertiary/aromatic N) is 1. The third kappa shape index (κ3) is 3.34. The summed E-state index contributed by atoms with van der Waals surface area (Å²) in [4.78, 5) is 4.45. The van der Waals surface area contributed by atoms with Gasteiger partial charge in [-0.1, -0.05) is 30.3 Å². The second kappa shape index (κ2) is 6.57. The van der Waals surface area contributed by atoms with Crippen LogP contribution < -0.4 is 5.73 Å². The molecule has 0 spiro atoms. The maximum absolute atomic E-state index is 5.62. The van der Waals surface area contributed by atoms with Crippen LogP contribution >= 0.6 is 11.8 Å². The number of thioether (sulfide) groups is 1. The summed E-state index contributed by atoms with van der Waals surface area (Å²) in [6.45, 7) is 2.82. The van der Waals surface area contributed by atoms with E-state index in [1.165, 1.54) is 16.7 Å². The van der Waals surface area contributed by atoms with Crippen molar-refractivity contribution < 1.29 is 0 Å². The molecule has 94 valence electrons. The lowest BCUT2D eigenvalue weighted by Crippen LogP contribution is -2.04. The fourth-order valence-electron chi connectivity index (χ4n) is 1.82. The highest BCUT2D eigenvalue weighted by atomic mass is 32.2. The molecular formula is C15H18N2S. The largest absolute Gasteiger partial charge is 0.330 e. The molecular weight excluding hydrogens is 240 g/mol. The molecule has 0 saturated carbocycles. The standard InChI is InChI=1S/C15H18N2S/c1-12-5-2-3-6-14(12)11-18-15-13(8-9-16)7-4-10-17-15/h2-7,10H,8-9,11,16H2,1H3. The van der Waals surface area contributed by atoms with Gasteiger partial charge in [0.25, 0.3) is 0 Å².